The summed E-state index contributed by atoms with van der Waals surface area (Å²) in [7, 11) is 0. The van der Waals surface area contributed by atoms with E-state index < -0.39 is 0 Å². The molecule has 3 N–H and O–H groups in total. The molecule has 1 rings (SSSR count). The summed E-state index contributed by atoms with van der Waals surface area (Å²) in [4.78, 5) is 15.5. The van der Waals surface area contributed by atoms with Crippen LogP contribution in [-0.4, -0.2) is 29.2 Å². The highest BCUT2D eigenvalue weighted by molar-refractivity contribution is 7.99. The summed E-state index contributed by atoms with van der Waals surface area (Å²) >= 11 is 1.51. The number of aryl methyl sites for hydroxylation is 2. The van der Waals surface area contributed by atoms with E-state index in [1.54, 1.807) is 0 Å². The average Bonchev–Trinajstić information content (AvgIpc) is 2.62. The van der Waals surface area contributed by atoms with Crippen molar-refractivity contribution in [1.29, 1.82) is 0 Å². The number of carbonyl (C=O) groups excluding carboxylic acids is 1. The second-order valence-electron chi connectivity index (χ2n) is 4.17. The fourth-order valence-corrected chi connectivity index (χ4v) is 2.35. The molecule has 0 saturated carbocycles. The highest BCUT2D eigenvalue weighted by atomic mass is 32.2. The zero-order valence-electron chi connectivity index (χ0n) is 11.2. The summed E-state index contributed by atoms with van der Waals surface area (Å²) < 4.78 is 5.45. The zero-order chi connectivity index (χ0) is 13.5. The predicted octanol–water partition coefficient (Wildman–Crippen LogP) is 1.63. The van der Waals surface area contributed by atoms with Gasteiger partial charge in [0.05, 0.1) is 11.7 Å². The van der Waals surface area contributed by atoms with Gasteiger partial charge in [0.25, 0.3) is 5.22 Å². The smallest absolute Gasteiger partial charge is 0.256 e. The van der Waals surface area contributed by atoms with Gasteiger partial charge in [0, 0.05) is 5.75 Å². The van der Waals surface area contributed by atoms with Crippen LogP contribution in [0.15, 0.2) is 9.64 Å². The molecule has 1 unspecified atom stereocenters. The number of nitrogens with one attached hydrogen (secondary N) is 1. The van der Waals surface area contributed by atoms with Crippen LogP contribution in [0, 0.1) is 13.8 Å². The molecule has 0 radical (unpaired) electrons. The number of nitrogens with two attached hydrogens (primary N) is 1. The van der Waals surface area contributed by atoms with Crippen molar-refractivity contribution in [2.45, 2.75) is 44.9 Å². The van der Waals surface area contributed by atoms with Crippen LogP contribution >= 0.6 is 11.8 Å². The highest BCUT2D eigenvalue weighted by Gasteiger charge is 2.14. The van der Waals surface area contributed by atoms with Gasteiger partial charge in [0.1, 0.15) is 5.76 Å². The zero-order valence-corrected chi connectivity index (χ0v) is 12.0. The van der Waals surface area contributed by atoms with Crippen LogP contribution in [0.3, 0.4) is 0 Å². The van der Waals surface area contributed by atoms with Gasteiger partial charge in [0.2, 0.25) is 5.91 Å². The topological polar surface area (TPSA) is 81.2 Å². The molecule has 102 valence electrons. The van der Waals surface area contributed by atoms with Gasteiger partial charge < -0.3 is 15.5 Å². The molecular weight excluding hydrogens is 250 g/mol. The average molecular weight is 271 g/mol. The summed E-state index contributed by atoms with van der Waals surface area (Å²) in [5.74, 6) is 1.29. The number of oxazole rings is 1. The molecule has 0 aliphatic rings. The van der Waals surface area contributed by atoms with Gasteiger partial charge in [-0.15, -0.1) is 0 Å². The van der Waals surface area contributed by atoms with Crippen molar-refractivity contribution in [3.63, 3.8) is 0 Å². The minimum Gasteiger partial charge on any atom is -0.437 e. The second-order valence-corrected chi connectivity index (χ2v) is 5.21. The first-order valence-corrected chi connectivity index (χ1v) is 7.12. The summed E-state index contributed by atoms with van der Waals surface area (Å²) in [6, 6.07) is -0.269. The fraction of sp³-hybridized carbons (Fsp3) is 0.667. The molecule has 1 atom stereocenters. The first-order valence-electron chi connectivity index (χ1n) is 6.14. The first-order chi connectivity index (χ1) is 8.54. The largest absolute Gasteiger partial charge is 0.437 e. The standard InChI is InChI=1S/C12H21N3O2S/c1-4-6-14-10(11(13)16)5-7-18-12-15-8(2)9(3)17-12/h10,14H,4-7H2,1-3H3,(H2,13,16). The maximum Gasteiger partial charge on any atom is 0.256 e. The third kappa shape index (κ3) is 4.70. The Kier molecular flexibility index (Phi) is 6.21. The molecule has 6 heteroatoms. The summed E-state index contributed by atoms with van der Waals surface area (Å²) in [5.41, 5.74) is 6.25. The molecule has 1 heterocycles. The van der Waals surface area contributed by atoms with Gasteiger partial charge in [0.15, 0.2) is 0 Å². The van der Waals surface area contributed by atoms with Crippen LogP contribution in [0.25, 0.3) is 0 Å². The third-order valence-corrected chi connectivity index (χ3v) is 3.49. The molecule has 0 aliphatic heterocycles. The first kappa shape index (κ1) is 15.0. The van der Waals surface area contributed by atoms with E-state index in [9.17, 15) is 4.79 Å². The monoisotopic (exact) mass is 271 g/mol. The van der Waals surface area contributed by atoms with E-state index in [1.165, 1.54) is 11.8 Å². The Morgan fingerprint density at radius 3 is 2.78 bits per heavy atom. The Labute approximate surface area is 112 Å². The Morgan fingerprint density at radius 1 is 1.56 bits per heavy atom. The van der Waals surface area contributed by atoms with E-state index in [0.29, 0.717) is 11.6 Å². The van der Waals surface area contributed by atoms with Gasteiger partial charge in [-0.05, 0) is 33.2 Å². The van der Waals surface area contributed by atoms with Crippen molar-refractivity contribution in [2.24, 2.45) is 5.73 Å². The van der Waals surface area contributed by atoms with Gasteiger partial charge in [-0.25, -0.2) is 4.98 Å². The molecule has 0 aliphatic carbocycles. The lowest BCUT2D eigenvalue weighted by Crippen LogP contribution is -2.41. The second kappa shape index (κ2) is 7.43. The third-order valence-electron chi connectivity index (χ3n) is 2.63. The number of aromatic nitrogens is 1. The highest BCUT2D eigenvalue weighted by Crippen LogP contribution is 2.21. The minimum absolute atomic E-state index is 0.269. The van der Waals surface area contributed by atoms with E-state index >= 15 is 0 Å². The van der Waals surface area contributed by atoms with Crippen molar-refractivity contribution in [1.82, 2.24) is 10.3 Å². The maximum absolute atomic E-state index is 11.2. The number of carbonyl (C=O) groups is 1. The lowest BCUT2D eigenvalue weighted by molar-refractivity contribution is -0.120. The lowest BCUT2D eigenvalue weighted by Gasteiger charge is -2.13. The van der Waals surface area contributed by atoms with Crippen molar-refractivity contribution in [2.75, 3.05) is 12.3 Å². The predicted molar refractivity (Wildman–Crippen MR) is 72.6 cm³/mol. The number of hydrogen-bond acceptors (Lipinski definition) is 5. The van der Waals surface area contributed by atoms with Crippen molar-refractivity contribution >= 4 is 17.7 Å². The number of hydrogen-bond donors (Lipinski definition) is 2. The van der Waals surface area contributed by atoms with E-state index in [0.717, 1.165) is 30.2 Å². The molecule has 1 aromatic heterocycles. The summed E-state index contributed by atoms with van der Waals surface area (Å²) in [5, 5.41) is 3.79. The lowest BCUT2D eigenvalue weighted by atomic mass is 10.2. The van der Waals surface area contributed by atoms with Crippen LogP contribution in [-0.2, 0) is 4.79 Å². The van der Waals surface area contributed by atoms with Crippen LogP contribution in [0.1, 0.15) is 31.2 Å². The van der Waals surface area contributed by atoms with E-state index in [1.807, 2.05) is 13.8 Å². The molecule has 0 saturated heterocycles. The van der Waals surface area contributed by atoms with Crippen LogP contribution < -0.4 is 11.1 Å². The van der Waals surface area contributed by atoms with Gasteiger partial charge in [-0.3, -0.25) is 4.79 Å². The number of nitrogens with zero attached hydrogens (tertiary/aromatic N) is 1. The van der Waals surface area contributed by atoms with Gasteiger partial charge in [-0.2, -0.15) is 0 Å². The van der Waals surface area contributed by atoms with Crippen LogP contribution in [0.5, 0.6) is 0 Å². The number of rotatable bonds is 8. The molecule has 0 fully saturated rings. The van der Waals surface area contributed by atoms with Gasteiger partial charge >= 0.3 is 0 Å². The normalized spacial score (nSPS) is 12.6. The van der Waals surface area contributed by atoms with Gasteiger partial charge in [-0.1, -0.05) is 18.7 Å². The molecule has 0 bridgehead atoms. The molecule has 0 aromatic carbocycles. The van der Waals surface area contributed by atoms with Crippen LogP contribution in [0.2, 0.25) is 0 Å². The van der Waals surface area contributed by atoms with Crippen molar-refractivity contribution in [3.8, 4) is 0 Å². The number of amides is 1. The van der Waals surface area contributed by atoms with Crippen molar-refractivity contribution < 1.29 is 9.21 Å². The van der Waals surface area contributed by atoms with Crippen molar-refractivity contribution in [3.05, 3.63) is 11.5 Å². The molecule has 18 heavy (non-hydrogen) atoms. The molecule has 1 amide bonds. The molecule has 0 spiro atoms. The SMILES string of the molecule is CCCNC(CCSc1nc(C)c(C)o1)C(N)=O. The Bertz CT molecular complexity index is 373. The van der Waals surface area contributed by atoms with E-state index in [-0.39, 0.29) is 11.9 Å². The summed E-state index contributed by atoms with van der Waals surface area (Å²) in [6.45, 7) is 6.66. The van der Waals surface area contributed by atoms with E-state index in [4.69, 9.17) is 10.2 Å². The molecule has 5 nitrogen and oxygen atoms in total. The molecule has 1 aromatic rings. The minimum atomic E-state index is -0.302. The van der Waals surface area contributed by atoms with E-state index in [2.05, 4.69) is 17.2 Å². The quantitative estimate of drug-likeness (QED) is 0.702. The Morgan fingerprint density at radius 2 is 2.28 bits per heavy atom. The number of primary amides is 1. The van der Waals surface area contributed by atoms with Crippen LogP contribution in [0.4, 0.5) is 0 Å². The fourth-order valence-electron chi connectivity index (χ4n) is 1.43. The summed E-state index contributed by atoms with van der Waals surface area (Å²) in [6.07, 6.45) is 1.66. The number of thioether (sulfide) groups is 1. The Hall–Kier alpha value is -1.01. The molecular formula is C12H21N3O2S. The Balaban J connectivity index is 2.36. The maximum atomic E-state index is 11.2.